The van der Waals surface area contributed by atoms with Crippen LogP contribution in [0.3, 0.4) is 0 Å². The number of phenols is 2. The number of amides is 2. The van der Waals surface area contributed by atoms with E-state index < -0.39 is 23.4 Å². The highest BCUT2D eigenvalue weighted by atomic mass is 35.5. The Hall–Kier alpha value is -4.01. The molecule has 190 valence electrons. The number of aromatic nitrogens is 1. The summed E-state index contributed by atoms with van der Waals surface area (Å²) in [5.41, 5.74) is 3.03. The van der Waals surface area contributed by atoms with Crippen molar-refractivity contribution in [2.45, 2.75) is 31.3 Å². The molecular weight excluding hydrogens is 494 g/mol. The third-order valence-electron chi connectivity index (χ3n) is 6.49. The van der Waals surface area contributed by atoms with Crippen LogP contribution in [-0.2, 0) is 6.42 Å². The Labute approximate surface area is 217 Å². The topological polar surface area (TPSA) is 135 Å². The molecule has 0 aliphatic heterocycles. The predicted molar refractivity (Wildman–Crippen MR) is 141 cm³/mol. The summed E-state index contributed by atoms with van der Waals surface area (Å²) >= 11 is 6.37. The maximum Gasteiger partial charge on any atom is 0.255 e. The first-order valence-corrected chi connectivity index (χ1v) is 12.3. The van der Waals surface area contributed by atoms with Gasteiger partial charge in [0, 0.05) is 23.1 Å². The summed E-state index contributed by atoms with van der Waals surface area (Å²) in [5.74, 6) is -1.96. The number of nitrogens with one attached hydrogen (secondary N) is 3. The van der Waals surface area contributed by atoms with Gasteiger partial charge in [0.2, 0.25) is 0 Å². The van der Waals surface area contributed by atoms with E-state index in [0.29, 0.717) is 23.1 Å². The summed E-state index contributed by atoms with van der Waals surface area (Å²) < 4.78 is 0. The van der Waals surface area contributed by atoms with E-state index in [0.717, 1.165) is 29.3 Å². The smallest absolute Gasteiger partial charge is 0.255 e. The van der Waals surface area contributed by atoms with E-state index in [-0.39, 0.29) is 29.1 Å². The number of hydrogen-bond donors (Lipinski definition) is 6. The van der Waals surface area contributed by atoms with Gasteiger partial charge >= 0.3 is 0 Å². The normalized spacial score (nSPS) is 13.9. The number of hydrogen-bond acceptors (Lipinski definition) is 5. The molecule has 0 spiro atoms. The lowest BCUT2D eigenvalue weighted by Gasteiger charge is -2.17. The Bertz CT molecular complexity index is 1490. The Morgan fingerprint density at radius 2 is 1.78 bits per heavy atom. The summed E-state index contributed by atoms with van der Waals surface area (Å²) in [6.45, 7) is -0.322. The monoisotopic (exact) mass is 519 g/mol. The molecule has 3 aromatic carbocycles. The van der Waals surface area contributed by atoms with Gasteiger partial charge in [0.1, 0.15) is 0 Å². The van der Waals surface area contributed by atoms with Gasteiger partial charge in [-0.2, -0.15) is 0 Å². The number of aromatic hydroxyl groups is 2. The van der Waals surface area contributed by atoms with E-state index in [1.54, 1.807) is 18.2 Å². The molecule has 2 amide bonds. The lowest BCUT2D eigenvalue weighted by atomic mass is 9.99. The first-order chi connectivity index (χ1) is 17.8. The molecule has 0 bridgehead atoms. The van der Waals surface area contributed by atoms with Gasteiger partial charge in [-0.25, -0.2) is 0 Å². The number of carbonyl (C=O) groups excluding carboxylic acids is 2. The minimum atomic E-state index is -0.653. The number of para-hydroxylation sites is 1. The molecule has 1 aromatic heterocycles. The molecule has 8 nitrogen and oxygen atoms in total. The van der Waals surface area contributed by atoms with Gasteiger partial charge in [0.05, 0.1) is 28.8 Å². The van der Waals surface area contributed by atoms with Gasteiger partial charge in [-0.15, -0.1) is 0 Å². The minimum Gasteiger partial charge on any atom is -0.504 e. The molecule has 4 aromatic rings. The molecule has 1 aliphatic carbocycles. The molecule has 6 N–H and O–H groups in total. The lowest BCUT2D eigenvalue weighted by molar-refractivity contribution is 0.0911. The number of aliphatic hydroxyl groups is 1. The van der Waals surface area contributed by atoms with Crippen molar-refractivity contribution in [2.24, 2.45) is 0 Å². The number of H-pyrrole nitrogens is 1. The number of aromatic amines is 1. The van der Waals surface area contributed by atoms with Crippen LogP contribution in [0.1, 0.15) is 39.1 Å². The molecule has 1 saturated carbocycles. The largest absolute Gasteiger partial charge is 0.504 e. The molecular formula is C28H26ClN3O5. The zero-order valence-corrected chi connectivity index (χ0v) is 20.5. The van der Waals surface area contributed by atoms with Gasteiger partial charge in [0.25, 0.3) is 11.8 Å². The van der Waals surface area contributed by atoms with Crippen LogP contribution >= 0.6 is 11.6 Å². The summed E-state index contributed by atoms with van der Waals surface area (Å²) in [7, 11) is 0. The quantitative estimate of drug-likeness (QED) is 0.195. The van der Waals surface area contributed by atoms with Crippen LogP contribution in [0.5, 0.6) is 11.5 Å². The SMILES string of the molecule is O=C(NC1CC1)c1ccc(-c2cc(O)c(O)c(C(=O)N[C@@H](CO)Cc3c[nH]c4ccccc34)c2)cc1Cl. The summed E-state index contributed by atoms with van der Waals surface area (Å²) in [5, 5.41) is 37.5. The lowest BCUT2D eigenvalue weighted by Crippen LogP contribution is -2.39. The van der Waals surface area contributed by atoms with Crippen molar-refractivity contribution >= 4 is 34.3 Å². The van der Waals surface area contributed by atoms with Gasteiger partial charge < -0.3 is 30.9 Å². The number of phenolic OH excluding ortho intramolecular Hbond substituents is 2. The standard InChI is InChI=1S/C28H26ClN3O5/c29-23-11-15(5-8-21(23)27(36)31-18-6-7-18)16-10-22(26(35)25(34)12-16)28(37)32-19(14-33)9-17-13-30-24-4-2-1-3-20(17)24/h1-5,8,10-13,18-19,30,33-35H,6-7,9,14H2,(H,31,36)(H,32,37)/t19-/m1/s1. The zero-order chi connectivity index (χ0) is 26.1. The van der Waals surface area contributed by atoms with E-state index >= 15 is 0 Å². The number of aliphatic hydroxyl groups excluding tert-OH is 1. The number of fused-ring (bicyclic) bond motifs is 1. The maximum atomic E-state index is 13.1. The van der Waals surface area contributed by atoms with Crippen molar-refractivity contribution in [1.29, 1.82) is 0 Å². The van der Waals surface area contributed by atoms with E-state index in [1.165, 1.54) is 12.1 Å². The molecule has 5 rings (SSSR count). The fraction of sp³-hybridized carbons (Fsp3) is 0.214. The van der Waals surface area contributed by atoms with Crippen molar-refractivity contribution in [3.8, 4) is 22.6 Å². The summed E-state index contributed by atoms with van der Waals surface area (Å²) in [6.07, 6.45) is 4.11. The molecule has 0 saturated heterocycles. The highest BCUT2D eigenvalue weighted by Gasteiger charge is 2.25. The summed E-state index contributed by atoms with van der Waals surface area (Å²) in [6, 6.07) is 14.9. The third-order valence-corrected chi connectivity index (χ3v) is 6.80. The highest BCUT2D eigenvalue weighted by Crippen LogP contribution is 2.36. The number of benzene rings is 3. The number of rotatable bonds is 8. The van der Waals surface area contributed by atoms with Crippen LogP contribution in [0.15, 0.2) is 60.8 Å². The fourth-order valence-corrected chi connectivity index (χ4v) is 4.59. The second-order valence-electron chi connectivity index (χ2n) is 9.25. The van der Waals surface area contributed by atoms with Crippen LogP contribution in [0.25, 0.3) is 22.0 Å². The molecule has 1 heterocycles. The van der Waals surface area contributed by atoms with E-state index in [1.807, 2.05) is 30.5 Å². The van der Waals surface area contributed by atoms with E-state index in [4.69, 9.17) is 11.6 Å². The van der Waals surface area contributed by atoms with Crippen molar-refractivity contribution < 1.29 is 24.9 Å². The average molecular weight is 520 g/mol. The molecule has 0 unspecified atom stereocenters. The Balaban J connectivity index is 1.37. The Kier molecular flexibility index (Phi) is 6.78. The zero-order valence-electron chi connectivity index (χ0n) is 19.8. The molecule has 0 radical (unpaired) electrons. The average Bonchev–Trinajstić information content (AvgIpc) is 3.62. The molecule has 1 aliphatic rings. The molecule has 1 fully saturated rings. The Morgan fingerprint density at radius 3 is 2.51 bits per heavy atom. The number of halogens is 1. The van der Waals surface area contributed by atoms with Crippen molar-refractivity contribution in [3.63, 3.8) is 0 Å². The fourth-order valence-electron chi connectivity index (χ4n) is 4.32. The third kappa shape index (κ3) is 5.26. The second-order valence-corrected chi connectivity index (χ2v) is 9.66. The Morgan fingerprint density at radius 1 is 1.00 bits per heavy atom. The predicted octanol–water partition coefficient (Wildman–Crippen LogP) is 4.13. The van der Waals surface area contributed by atoms with E-state index in [2.05, 4.69) is 15.6 Å². The van der Waals surface area contributed by atoms with Crippen LogP contribution in [-0.4, -0.2) is 50.8 Å². The van der Waals surface area contributed by atoms with Gasteiger partial charge in [-0.3, -0.25) is 9.59 Å². The van der Waals surface area contributed by atoms with Crippen molar-refractivity contribution in [2.75, 3.05) is 6.61 Å². The van der Waals surface area contributed by atoms with Crippen molar-refractivity contribution in [1.82, 2.24) is 15.6 Å². The van der Waals surface area contributed by atoms with Gasteiger partial charge in [-0.1, -0.05) is 35.9 Å². The second kappa shape index (κ2) is 10.2. The maximum absolute atomic E-state index is 13.1. The van der Waals surface area contributed by atoms with E-state index in [9.17, 15) is 24.9 Å². The van der Waals surface area contributed by atoms with Crippen molar-refractivity contribution in [3.05, 3.63) is 82.5 Å². The van der Waals surface area contributed by atoms with Crippen LogP contribution in [0, 0.1) is 0 Å². The van der Waals surface area contributed by atoms with Crippen LogP contribution in [0.4, 0.5) is 0 Å². The first-order valence-electron chi connectivity index (χ1n) is 12.0. The van der Waals surface area contributed by atoms with Gasteiger partial charge in [0.15, 0.2) is 11.5 Å². The van der Waals surface area contributed by atoms with Gasteiger partial charge in [-0.05, 0) is 66.3 Å². The molecule has 37 heavy (non-hydrogen) atoms. The van der Waals surface area contributed by atoms with Crippen LogP contribution < -0.4 is 10.6 Å². The number of carbonyl (C=O) groups is 2. The first kappa shape index (κ1) is 24.7. The molecule has 9 heteroatoms. The minimum absolute atomic E-state index is 0.154. The summed E-state index contributed by atoms with van der Waals surface area (Å²) in [4.78, 5) is 28.6. The van der Waals surface area contributed by atoms with Crippen LogP contribution in [0.2, 0.25) is 5.02 Å². The highest BCUT2D eigenvalue weighted by molar-refractivity contribution is 6.34. The molecule has 1 atom stereocenters.